The van der Waals surface area contributed by atoms with Crippen LogP contribution in [0.15, 0.2) is 23.4 Å². The molecule has 1 aromatic rings. The van der Waals surface area contributed by atoms with E-state index in [2.05, 4.69) is 10.5 Å². The fourth-order valence-corrected chi connectivity index (χ4v) is 1.78. The number of amidine groups is 1. The summed E-state index contributed by atoms with van der Waals surface area (Å²) in [6, 6.07) is 5.12. The molecule has 1 atom stereocenters. The molecule has 0 aromatic heterocycles. The predicted octanol–water partition coefficient (Wildman–Crippen LogP) is 0.531. The van der Waals surface area contributed by atoms with E-state index in [-0.39, 0.29) is 12.4 Å². The van der Waals surface area contributed by atoms with E-state index in [4.69, 9.17) is 27.3 Å². The summed E-state index contributed by atoms with van der Waals surface area (Å²) in [5, 5.41) is 24.5. The first-order valence-corrected chi connectivity index (χ1v) is 6.10. The quantitative estimate of drug-likeness (QED) is 0.254. The summed E-state index contributed by atoms with van der Waals surface area (Å²) >= 11 is 6.09. The van der Waals surface area contributed by atoms with Gasteiger partial charge in [0.1, 0.15) is 0 Å². The molecule has 0 aliphatic heterocycles. The summed E-state index contributed by atoms with van der Waals surface area (Å²) in [6.45, 7) is 1.20. The molecular formula is C12H18ClN3O3. The lowest BCUT2D eigenvalue weighted by Crippen LogP contribution is -2.29. The molecule has 0 radical (unpaired) electrons. The third-order valence-electron chi connectivity index (χ3n) is 2.51. The highest BCUT2D eigenvalue weighted by Crippen LogP contribution is 2.17. The van der Waals surface area contributed by atoms with Crippen LogP contribution < -0.4 is 11.1 Å². The van der Waals surface area contributed by atoms with Gasteiger partial charge in [0.25, 0.3) is 0 Å². The smallest absolute Gasteiger partial charge is 0.170 e. The molecule has 1 aromatic carbocycles. The van der Waals surface area contributed by atoms with Crippen molar-refractivity contribution >= 4 is 17.4 Å². The number of nitrogens with two attached hydrogens (primary N) is 1. The lowest BCUT2D eigenvalue weighted by Gasteiger charge is -2.12. The van der Waals surface area contributed by atoms with Gasteiger partial charge >= 0.3 is 0 Å². The van der Waals surface area contributed by atoms with Crippen molar-refractivity contribution in [2.75, 3.05) is 20.3 Å². The number of methoxy groups -OCH3 is 1. The largest absolute Gasteiger partial charge is 0.409 e. The average Bonchev–Trinajstić information content (AvgIpc) is 2.40. The van der Waals surface area contributed by atoms with Crippen LogP contribution in [0.1, 0.15) is 11.1 Å². The van der Waals surface area contributed by atoms with E-state index < -0.39 is 6.10 Å². The first-order chi connectivity index (χ1) is 9.08. The van der Waals surface area contributed by atoms with Crippen LogP contribution in [0.2, 0.25) is 5.02 Å². The summed E-state index contributed by atoms with van der Waals surface area (Å²) in [7, 11) is 1.53. The van der Waals surface area contributed by atoms with Gasteiger partial charge in [0.15, 0.2) is 5.84 Å². The normalized spacial score (nSPS) is 13.5. The molecule has 0 aliphatic carbocycles. The Morgan fingerprint density at radius 1 is 1.58 bits per heavy atom. The minimum atomic E-state index is -0.555. The lowest BCUT2D eigenvalue weighted by molar-refractivity contribution is 0.0644. The van der Waals surface area contributed by atoms with Gasteiger partial charge in [-0.25, -0.2) is 0 Å². The first-order valence-electron chi connectivity index (χ1n) is 5.72. The van der Waals surface area contributed by atoms with Crippen LogP contribution in [0.5, 0.6) is 0 Å². The minimum absolute atomic E-state index is 0.0110. The van der Waals surface area contributed by atoms with Gasteiger partial charge in [-0.15, -0.1) is 0 Å². The molecular weight excluding hydrogens is 270 g/mol. The van der Waals surface area contributed by atoms with Crippen LogP contribution >= 0.6 is 11.6 Å². The Morgan fingerprint density at radius 3 is 2.89 bits per heavy atom. The minimum Gasteiger partial charge on any atom is -0.409 e. The van der Waals surface area contributed by atoms with E-state index in [0.29, 0.717) is 23.7 Å². The number of benzene rings is 1. The van der Waals surface area contributed by atoms with Gasteiger partial charge in [0.05, 0.1) is 12.7 Å². The summed E-state index contributed by atoms with van der Waals surface area (Å²) in [5.41, 5.74) is 6.88. The second-order valence-corrected chi connectivity index (χ2v) is 4.44. The fourth-order valence-electron chi connectivity index (χ4n) is 1.53. The first kappa shape index (κ1) is 15.7. The molecule has 0 heterocycles. The molecule has 19 heavy (non-hydrogen) atoms. The Labute approximate surface area is 116 Å². The zero-order valence-electron chi connectivity index (χ0n) is 10.6. The number of aliphatic hydroxyl groups excluding tert-OH is 1. The zero-order valence-corrected chi connectivity index (χ0v) is 11.4. The van der Waals surface area contributed by atoms with E-state index in [1.54, 1.807) is 18.2 Å². The molecule has 5 N–H and O–H groups in total. The lowest BCUT2D eigenvalue weighted by atomic mass is 10.1. The molecule has 0 amide bonds. The maximum atomic E-state index is 9.46. The summed E-state index contributed by atoms with van der Waals surface area (Å²) in [6.07, 6.45) is -0.555. The van der Waals surface area contributed by atoms with Gasteiger partial charge in [-0.2, -0.15) is 0 Å². The van der Waals surface area contributed by atoms with Gasteiger partial charge in [-0.3, -0.25) is 0 Å². The van der Waals surface area contributed by atoms with E-state index in [9.17, 15) is 5.11 Å². The van der Waals surface area contributed by atoms with Gasteiger partial charge in [-0.05, 0) is 11.6 Å². The number of rotatable bonds is 7. The van der Waals surface area contributed by atoms with Crippen LogP contribution in [0, 0.1) is 0 Å². The van der Waals surface area contributed by atoms with Crippen LogP contribution in [0.3, 0.4) is 0 Å². The Bertz CT molecular complexity index is 440. The molecule has 0 bridgehead atoms. The molecule has 1 unspecified atom stereocenters. The summed E-state index contributed by atoms with van der Waals surface area (Å²) < 4.78 is 4.82. The number of halogens is 1. The molecule has 0 saturated heterocycles. The highest BCUT2D eigenvalue weighted by Gasteiger charge is 2.06. The highest BCUT2D eigenvalue weighted by atomic mass is 35.5. The molecule has 0 spiro atoms. The Kier molecular flexibility index (Phi) is 6.58. The number of nitrogens with zero attached hydrogens (tertiary/aromatic N) is 1. The molecule has 0 fully saturated rings. The van der Waals surface area contributed by atoms with Crippen LogP contribution in [0.4, 0.5) is 0 Å². The van der Waals surface area contributed by atoms with Crippen molar-refractivity contribution in [1.82, 2.24) is 5.32 Å². The maximum absolute atomic E-state index is 9.46. The molecule has 6 nitrogen and oxygen atoms in total. The average molecular weight is 288 g/mol. The van der Waals surface area contributed by atoms with E-state index >= 15 is 0 Å². The monoisotopic (exact) mass is 287 g/mol. The maximum Gasteiger partial charge on any atom is 0.170 e. The van der Waals surface area contributed by atoms with Crippen LogP contribution in [-0.4, -0.2) is 42.5 Å². The van der Waals surface area contributed by atoms with Gasteiger partial charge < -0.3 is 26.1 Å². The Hall–Kier alpha value is -1.34. The van der Waals surface area contributed by atoms with Crippen molar-refractivity contribution in [1.29, 1.82) is 0 Å². The number of hydrogen-bond acceptors (Lipinski definition) is 5. The fraction of sp³-hybridized carbons (Fsp3) is 0.417. The SMILES string of the molecule is COCC(O)CNCc1ccc(/C(N)=N/O)cc1Cl. The van der Waals surface area contributed by atoms with E-state index in [1.807, 2.05) is 0 Å². The van der Waals surface area contributed by atoms with Crippen LogP contribution in [-0.2, 0) is 11.3 Å². The van der Waals surface area contributed by atoms with Gasteiger partial charge in [0.2, 0.25) is 0 Å². The molecule has 0 saturated carbocycles. The molecule has 1 rings (SSSR count). The molecule has 7 heteroatoms. The van der Waals surface area contributed by atoms with Crippen molar-refractivity contribution in [3.05, 3.63) is 34.3 Å². The summed E-state index contributed by atoms with van der Waals surface area (Å²) in [5.74, 6) is 0.0110. The Balaban J connectivity index is 2.56. The van der Waals surface area contributed by atoms with Crippen molar-refractivity contribution < 1.29 is 15.1 Å². The van der Waals surface area contributed by atoms with Gasteiger partial charge in [-0.1, -0.05) is 28.9 Å². The standard InChI is InChI=1S/C12H18ClN3O3/c1-19-7-10(17)6-15-5-9-3-2-8(4-11(9)13)12(14)16-18/h2-4,10,15,17-18H,5-7H2,1H3,(H2,14,16). The second kappa shape index (κ2) is 7.96. The number of nitrogens with one attached hydrogen (secondary N) is 1. The third kappa shape index (κ3) is 5.04. The van der Waals surface area contributed by atoms with Crippen molar-refractivity contribution in [2.45, 2.75) is 12.6 Å². The predicted molar refractivity (Wildman–Crippen MR) is 73.6 cm³/mol. The number of aliphatic hydroxyl groups is 1. The second-order valence-electron chi connectivity index (χ2n) is 4.03. The third-order valence-corrected chi connectivity index (χ3v) is 2.86. The topological polar surface area (TPSA) is 100 Å². The van der Waals surface area contributed by atoms with Crippen molar-refractivity contribution in [3.63, 3.8) is 0 Å². The van der Waals surface area contributed by atoms with Gasteiger partial charge in [0, 0.05) is 30.8 Å². The molecule has 106 valence electrons. The Morgan fingerprint density at radius 2 is 2.32 bits per heavy atom. The summed E-state index contributed by atoms with van der Waals surface area (Å²) in [4.78, 5) is 0. The number of hydrogen-bond donors (Lipinski definition) is 4. The highest BCUT2D eigenvalue weighted by molar-refractivity contribution is 6.31. The van der Waals surface area contributed by atoms with E-state index in [0.717, 1.165) is 5.56 Å². The van der Waals surface area contributed by atoms with Crippen molar-refractivity contribution in [2.24, 2.45) is 10.9 Å². The van der Waals surface area contributed by atoms with Crippen molar-refractivity contribution in [3.8, 4) is 0 Å². The van der Waals surface area contributed by atoms with E-state index in [1.165, 1.54) is 7.11 Å². The number of oxime groups is 1. The number of ether oxygens (including phenoxy) is 1. The van der Waals surface area contributed by atoms with Crippen LogP contribution in [0.25, 0.3) is 0 Å². The zero-order chi connectivity index (χ0) is 14.3. The molecule has 0 aliphatic rings.